The minimum absolute atomic E-state index is 0.174. The number of fused-ring (bicyclic) bond motifs is 1. The van der Waals surface area contributed by atoms with Gasteiger partial charge in [-0.15, -0.1) is 13.2 Å². The molecule has 1 aliphatic rings. The highest BCUT2D eigenvalue weighted by atomic mass is 19.4. The van der Waals surface area contributed by atoms with Gasteiger partial charge in [-0.05, 0) is 54.6 Å². The first-order valence-electron chi connectivity index (χ1n) is 9.86. The summed E-state index contributed by atoms with van der Waals surface area (Å²) in [4.78, 5) is 20.9. The minimum Gasteiger partial charge on any atom is -0.491 e. The van der Waals surface area contributed by atoms with Crippen molar-refractivity contribution in [3.05, 3.63) is 78.1 Å². The van der Waals surface area contributed by atoms with Crippen molar-refractivity contribution in [2.24, 2.45) is 0 Å². The van der Waals surface area contributed by atoms with E-state index in [4.69, 9.17) is 4.74 Å². The molecule has 0 radical (unpaired) electrons. The van der Waals surface area contributed by atoms with Crippen LogP contribution in [0.4, 0.5) is 24.5 Å². The van der Waals surface area contributed by atoms with Gasteiger partial charge in [-0.3, -0.25) is 9.78 Å². The monoisotopic (exact) mass is 443 g/mol. The molecule has 4 rings (SSSR count). The fourth-order valence-corrected chi connectivity index (χ4v) is 3.42. The summed E-state index contributed by atoms with van der Waals surface area (Å²) >= 11 is 0. The van der Waals surface area contributed by atoms with Gasteiger partial charge < -0.3 is 19.3 Å². The molecule has 0 unspecified atom stereocenters. The summed E-state index contributed by atoms with van der Waals surface area (Å²) in [5.74, 6) is 0.0160. The highest BCUT2D eigenvalue weighted by molar-refractivity contribution is 5.98. The van der Waals surface area contributed by atoms with Gasteiger partial charge in [-0.1, -0.05) is 6.07 Å². The molecule has 1 amide bonds. The van der Waals surface area contributed by atoms with Crippen LogP contribution in [0.3, 0.4) is 0 Å². The van der Waals surface area contributed by atoms with Crippen molar-refractivity contribution in [1.82, 2.24) is 9.88 Å². The molecular weight excluding hydrogens is 423 g/mol. The number of carbonyl (C=O) groups excluding carboxylic acids is 1. The van der Waals surface area contributed by atoms with Crippen molar-refractivity contribution in [3.63, 3.8) is 0 Å². The predicted octanol–water partition coefficient (Wildman–Crippen LogP) is 4.78. The van der Waals surface area contributed by atoms with E-state index in [0.717, 1.165) is 5.69 Å². The van der Waals surface area contributed by atoms with Gasteiger partial charge in [0.15, 0.2) is 0 Å². The molecule has 1 aromatic heterocycles. The molecule has 0 atom stereocenters. The molecule has 1 aliphatic heterocycles. The van der Waals surface area contributed by atoms with Crippen LogP contribution in [0.15, 0.2) is 66.9 Å². The molecule has 0 saturated carbocycles. The number of rotatable bonds is 5. The van der Waals surface area contributed by atoms with E-state index >= 15 is 0 Å². The summed E-state index contributed by atoms with van der Waals surface area (Å²) in [6.07, 6.45) is -3.06. The third-order valence-electron chi connectivity index (χ3n) is 5.02. The Balaban J connectivity index is 1.56. The van der Waals surface area contributed by atoms with Crippen LogP contribution in [0.1, 0.15) is 16.1 Å². The van der Waals surface area contributed by atoms with Crippen molar-refractivity contribution in [2.75, 3.05) is 25.1 Å². The maximum Gasteiger partial charge on any atom is 0.573 e. The first-order valence-corrected chi connectivity index (χ1v) is 9.86. The van der Waals surface area contributed by atoms with Crippen LogP contribution in [0.2, 0.25) is 0 Å². The van der Waals surface area contributed by atoms with Gasteiger partial charge in [0, 0.05) is 24.6 Å². The van der Waals surface area contributed by atoms with Crippen LogP contribution >= 0.6 is 0 Å². The maximum atomic E-state index is 13.2. The topological polar surface area (TPSA) is 54.9 Å². The average molecular weight is 443 g/mol. The van der Waals surface area contributed by atoms with E-state index in [0.29, 0.717) is 42.4 Å². The third kappa shape index (κ3) is 4.93. The number of halogens is 3. The summed E-state index contributed by atoms with van der Waals surface area (Å²) in [7, 11) is 1.76. The average Bonchev–Trinajstić information content (AvgIpc) is 2.92. The number of anilines is 2. The van der Waals surface area contributed by atoms with Crippen LogP contribution in [-0.4, -0.2) is 42.4 Å². The zero-order valence-corrected chi connectivity index (χ0v) is 17.2. The Hall–Kier alpha value is -3.75. The lowest BCUT2D eigenvalue weighted by Gasteiger charge is -2.22. The normalized spacial score (nSPS) is 13.8. The number of nitrogens with zero attached hydrogens (tertiary/aromatic N) is 3. The molecule has 2 aromatic carbocycles. The van der Waals surface area contributed by atoms with Gasteiger partial charge in [0.25, 0.3) is 5.91 Å². The minimum atomic E-state index is -4.74. The SMILES string of the molecule is CN(c1ccc(OC(F)(F)F)cc1)c1ccc2c(c1)C(=O)N(Cc1ccccn1)CCO2. The summed E-state index contributed by atoms with van der Waals surface area (Å²) in [6, 6.07) is 16.3. The molecule has 32 heavy (non-hydrogen) atoms. The summed E-state index contributed by atoms with van der Waals surface area (Å²) in [5.41, 5.74) is 2.51. The second-order valence-corrected chi connectivity index (χ2v) is 7.18. The Kier molecular flexibility index (Phi) is 5.89. The summed E-state index contributed by atoms with van der Waals surface area (Å²) < 4.78 is 46.8. The number of aromatic nitrogens is 1. The first-order chi connectivity index (χ1) is 15.3. The zero-order valence-electron chi connectivity index (χ0n) is 17.2. The number of amides is 1. The molecule has 6 nitrogen and oxygen atoms in total. The zero-order chi connectivity index (χ0) is 22.7. The molecule has 0 N–H and O–H groups in total. The smallest absolute Gasteiger partial charge is 0.491 e. The fraction of sp³-hybridized carbons (Fsp3) is 0.217. The largest absolute Gasteiger partial charge is 0.573 e. The molecule has 0 spiro atoms. The number of carbonyl (C=O) groups is 1. The number of hydrogen-bond donors (Lipinski definition) is 0. The highest BCUT2D eigenvalue weighted by Gasteiger charge is 2.31. The van der Waals surface area contributed by atoms with E-state index in [9.17, 15) is 18.0 Å². The van der Waals surface area contributed by atoms with Gasteiger partial charge in [0.05, 0.1) is 24.3 Å². The van der Waals surface area contributed by atoms with Crippen LogP contribution in [0, 0.1) is 0 Å². The Morgan fingerprint density at radius 3 is 2.53 bits per heavy atom. The van der Waals surface area contributed by atoms with Gasteiger partial charge >= 0.3 is 6.36 Å². The summed E-state index contributed by atoms with van der Waals surface area (Å²) in [5, 5.41) is 0. The van der Waals surface area contributed by atoms with Gasteiger partial charge in [-0.25, -0.2) is 0 Å². The quantitative estimate of drug-likeness (QED) is 0.568. The highest BCUT2D eigenvalue weighted by Crippen LogP contribution is 2.32. The Morgan fingerprint density at radius 2 is 1.84 bits per heavy atom. The number of alkyl halides is 3. The number of hydrogen-bond acceptors (Lipinski definition) is 5. The molecule has 0 bridgehead atoms. The van der Waals surface area contributed by atoms with E-state index in [1.165, 1.54) is 24.3 Å². The van der Waals surface area contributed by atoms with Crippen LogP contribution in [-0.2, 0) is 6.54 Å². The molecular formula is C23H20F3N3O3. The second-order valence-electron chi connectivity index (χ2n) is 7.18. The molecule has 3 aromatic rings. The van der Waals surface area contributed by atoms with Gasteiger partial charge in [-0.2, -0.15) is 0 Å². The Labute approximate surface area is 182 Å². The lowest BCUT2D eigenvalue weighted by atomic mass is 10.1. The van der Waals surface area contributed by atoms with E-state index in [-0.39, 0.29) is 11.7 Å². The van der Waals surface area contributed by atoms with Crippen LogP contribution < -0.4 is 14.4 Å². The molecule has 2 heterocycles. The second kappa shape index (κ2) is 8.78. The lowest BCUT2D eigenvalue weighted by molar-refractivity contribution is -0.274. The first kappa shape index (κ1) is 21.5. The molecule has 166 valence electrons. The number of benzene rings is 2. The number of ether oxygens (including phenoxy) is 2. The third-order valence-corrected chi connectivity index (χ3v) is 5.02. The van der Waals surface area contributed by atoms with E-state index < -0.39 is 6.36 Å². The van der Waals surface area contributed by atoms with Gasteiger partial charge in [0.1, 0.15) is 18.1 Å². The van der Waals surface area contributed by atoms with Crippen molar-refractivity contribution in [2.45, 2.75) is 12.9 Å². The predicted molar refractivity (Wildman–Crippen MR) is 112 cm³/mol. The Morgan fingerprint density at radius 1 is 1.09 bits per heavy atom. The fourth-order valence-electron chi connectivity index (χ4n) is 3.42. The molecule has 0 saturated heterocycles. The standard InChI is InChI=1S/C23H20F3N3O3/c1-28(17-5-8-19(9-6-17)32-23(24,25)26)18-7-10-21-20(14-18)22(30)29(12-13-31-21)15-16-4-2-3-11-27-16/h2-11,14H,12-13,15H2,1H3. The molecule has 0 fully saturated rings. The van der Waals surface area contributed by atoms with Crippen molar-refractivity contribution < 1.29 is 27.4 Å². The Bertz CT molecular complexity index is 1090. The summed E-state index contributed by atoms with van der Waals surface area (Å²) in [6.45, 7) is 1.15. The molecule has 9 heteroatoms. The van der Waals surface area contributed by atoms with Crippen LogP contribution in [0.25, 0.3) is 0 Å². The van der Waals surface area contributed by atoms with E-state index in [1.807, 2.05) is 18.2 Å². The molecule has 0 aliphatic carbocycles. The van der Waals surface area contributed by atoms with Gasteiger partial charge in [0.2, 0.25) is 0 Å². The van der Waals surface area contributed by atoms with E-state index in [1.54, 1.807) is 41.2 Å². The van der Waals surface area contributed by atoms with E-state index in [2.05, 4.69) is 9.72 Å². The van der Waals surface area contributed by atoms with Crippen molar-refractivity contribution >= 4 is 17.3 Å². The maximum absolute atomic E-state index is 13.2. The van der Waals surface area contributed by atoms with Crippen molar-refractivity contribution in [3.8, 4) is 11.5 Å². The van der Waals surface area contributed by atoms with Crippen LogP contribution in [0.5, 0.6) is 11.5 Å². The lowest BCUT2D eigenvalue weighted by Crippen LogP contribution is -2.32. The number of pyridine rings is 1. The van der Waals surface area contributed by atoms with Crippen molar-refractivity contribution in [1.29, 1.82) is 0 Å².